The number of amides is 1. The quantitative estimate of drug-likeness (QED) is 0.637. The Morgan fingerprint density at radius 2 is 1.88 bits per heavy atom. The average Bonchev–Trinajstić information content (AvgIpc) is 3.20. The van der Waals surface area contributed by atoms with E-state index in [0.29, 0.717) is 11.3 Å². The maximum absolute atomic E-state index is 12.5. The molecule has 0 unspecified atom stereocenters. The summed E-state index contributed by atoms with van der Waals surface area (Å²) in [6.45, 7) is 0. The van der Waals surface area contributed by atoms with Crippen molar-refractivity contribution in [2.75, 3.05) is 12.4 Å². The minimum Gasteiger partial charge on any atom is -0.508 e. The molecule has 0 aliphatic carbocycles. The van der Waals surface area contributed by atoms with E-state index in [0.717, 1.165) is 28.1 Å². The lowest BCUT2D eigenvalue weighted by molar-refractivity contribution is -0.110. The Hall–Kier alpha value is -3.47. The summed E-state index contributed by atoms with van der Waals surface area (Å²) in [5.74, 6) is 0.728. The van der Waals surface area contributed by atoms with Crippen molar-refractivity contribution >= 4 is 23.2 Å². The molecule has 0 saturated heterocycles. The van der Waals surface area contributed by atoms with Gasteiger partial charge in [0.1, 0.15) is 11.5 Å². The van der Waals surface area contributed by atoms with Crippen LogP contribution in [-0.2, 0) is 4.79 Å². The van der Waals surface area contributed by atoms with Crippen LogP contribution in [0.2, 0.25) is 0 Å². The number of phenolic OH excluding ortho intramolecular Hbond substituents is 1. The summed E-state index contributed by atoms with van der Waals surface area (Å²) in [6, 6.07) is 14.5. The molecule has 1 aliphatic heterocycles. The molecule has 25 heavy (non-hydrogen) atoms. The van der Waals surface area contributed by atoms with Crippen molar-refractivity contribution in [2.24, 2.45) is 0 Å². The van der Waals surface area contributed by atoms with Gasteiger partial charge in [0.05, 0.1) is 18.4 Å². The van der Waals surface area contributed by atoms with Gasteiger partial charge in [0.2, 0.25) is 0 Å². The number of anilines is 1. The largest absolute Gasteiger partial charge is 0.508 e. The predicted octanol–water partition coefficient (Wildman–Crippen LogP) is 3.89. The number of aromatic hydroxyl groups is 1. The third kappa shape index (κ3) is 2.55. The number of aromatic amines is 1. The lowest BCUT2D eigenvalue weighted by Gasteiger charge is -2.09. The van der Waals surface area contributed by atoms with Crippen LogP contribution in [0.1, 0.15) is 11.3 Å². The molecule has 1 aromatic heterocycles. The summed E-state index contributed by atoms with van der Waals surface area (Å²) in [5.41, 5.74) is 4.77. The van der Waals surface area contributed by atoms with Crippen molar-refractivity contribution in [3.8, 4) is 22.6 Å². The fraction of sp³-hybridized carbons (Fsp3) is 0.0500. The summed E-state index contributed by atoms with van der Waals surface area (Å²) in [4.78, 5) is 15.6. The molecule has 3 N–H and O–H groups in total. The molecule has 0 radical (unpaired) electrons. The minimum atomic E-state index is -0.155. The van der Waals surface area contributed by atoms with Crippen molar-refractivity contribution in [3.63, 3.8) is 0 Å². The minimum absolute atomic E-state index is 0.155. The van der Waals surface area contributed by atoms with Crippen molar-refractivity contribution in [3.05, 3.63) is 66.0 Å². The zero-order chi connectivity index (χ0) is 17.4. The number of aromatic nitrogens is 1. The van der Waals surface area contributed by atoms with Crippen molar-refractivity contribution in [2.45, 2.75) is 0 Å². The Morgan fingerprint density at radius 3 is 2.64 bits per heavy atom. The van der Waals surface area contributed by atoms with E-state index < -0.39 is 0 Å². The van der Waals surface area contributed by atoms with E-state index in [1.807, 2.05) is 36.4 Å². The van der Waals surface area contributed by atoms with E-state index in [-0.39, 0.29) is 11.7 Å². The Morgan fingerprint density at radius 1 is 1.08 bits per heavy atom. The first-order chi connectivity index (χ1) is 12.2. The van der Waals surface area contributed by atoms with Crippen molar-refractivity contribution in [1.82, 2.24) is 4.98 Å². The second-order valence-corrected chi connectivity index (χ2v) is 5.75. The molecule has 5 heteroatoms. The normalized spacial score (nSPS) is 14.4. The van der Waals surface area contributed by atoms with Crippen LogP contribution in [0, 0.1) is 0 Å². The van der Waals surface area contributed by atoms with Gasteiger partial charge in [0.25, 0.3) is 5.91 Å². The molecule has 0 fully saturated rings. The summed E-state index contributed by atoms with van der Waals surface area (Å²) in [7, 11) is 1.59. The number of hydrogen-bond donors (Lipinski definition) is 3. The van der Waals surface area contributed by atoms with Crippen LogP contribution in [0.3, 0.4) is 0 Å². The fourth-order valence-electron chi connectivity index (χ4n) is 3.07. The second kappa shape index (κ2) is 5.87. The van der Waals surface area contributed by atoms with Gasteiger partial charge in [0, 0.05) is 17.4 Å². The van der Waals surface area contributed by atoms with E-state index >= 15 is 0 Å². The Kier molecular flexibility index (Phi) is 3.54. The molecule has 2 aromatic carbocycles. The number of phenols is 1. The molecule has 1 amide bonds. The third-order valence-electron chi connectivity index (χ3n) is 4.25. The zero-order valence-corrected chi connectivity index (χ0v) is 13.5. The van der Waals surface area contributed by atoms with Gasteiger partial charge in [-0.05, 0) is 41.5 Å². The zero-order valence-electron chi connectivity index (χ0n) is 13.5. The highest BCUT2D eigenvalue weighted by Crippen LogP contribution is 2.41. The standard InChI is InChI=1S/C20H16N2O3/c1-25-18-9-10-21-17(18)11-15-19-14(12-5-7-13(23)8-6-12)3-2-4-16(19)22-20(15)24/h2-11,21,23H,1H3,(H,22,24). The Bertz CT molecular complexity index is 984. The van der Waals surface area contributed by atoms with Crippen LogP contribution in [0.5, 0.6) is 11.5 Å². The summed E-state index contributed by atoms with van der Waals surface area (Å²) in [6.07, 6.45) is 3.56. The molecule has 4 rings (SSSR count). The number of carbonyl (C=O) groups excluding carboxylic acids is 1. The molecule has 0 bridgehead atoms. The highest BCUT2D eigenvalue weighted by atomic mass is 16.5. The number of ether oxygens (including phenoxy) is 1. The topological polar surface area (TPSA) is 74.4 Å². The van der Waals surface area contributed by atoms with Crippen LogP contribution < -0.4 is 10.1 Å². The molecular formula is C20H16N2O3. The van der Waals surface area contributed by atoms with Gasteiger partial charge in [-0.2, -0.15) is 0 Å². The van der Waals surface area contributed by atoms with E-state index in [4.69, 9.17) is 4.74 Å². The second-order valence-electron chi connectivity index (χ2n) is 5.75. The highest BCUT2D eigenvalue weighted by molar-refractivity contribution is 6.36. The number of hydrogen-bond acceptors (Lipinski definition) is 3. The number of fused-ring (bicyclic) bond motifs is 1. The fourth-order valence-corrected chi connectivity index (χ4v) is 3.07. The highest BCUT2D eigenvalue weighted by Gasteiger charge is 2.27. The Labute approximate surface area is 144 Å². The lowest BCUT2D eigenvalue weighted by Crippen LogP contribution is -2.03. The summed E-state index contributed by atoms with van der Waals surface area (Å²) in [5, 5.41) is 12.4. The maximum atomic E-state index is 12.5. The smallest absolute Gasteiger partial charge is 0.256 e. The number of nitrogens with one attached hydrogen (secondary N) is 2. The average molecular weight is 332 g/mol. The molecule has 0 saturated carbocycles. The molecule has 0 spiro atoms. The number of benzene rings is 2. The van der Waals surface area contributed by atoms with Crippen LogP contribution >= 0.6 is 0 Å². The molecule has 5 nitrogen and oxygen atoms in total. The predicted molar refractivity (Wildman–Crippen MR) is 97.4 cm³/mol. The number of carbonyl (C=O) groups is 1. The SMILES string of the molecule is COc1cc[nH]c1C=C1C(=O)Nc2cccc(-c3ccc(O)cc3)c21. The van der Waals surface area contributed by atoms with E-state index in [9.17, 15) is 9.90 Å². The molecule has 1 aliphatic rings. The lowest BCUT2D eigenvalue weighted by atomic mass is 9.94. The first-order valence-electron chi connectivity index (χ1n) is 7.84. The van der Waals surface area contributed by atoms with Gasteiger partial charge in [-0.15, -0.1) is 0 Å². The molecule has 3 aromatic rings. The van der Waals surface area contributed by atoms with Gasteiger partial charge in [-0.3, -0.25) is 4.79 Å². The summed E-state index contributed by atoms with van der Waals surface area (Å²) < 4.78 is 5.31. The number of H-pyrrole nitrogens is 1. The summed E-state index contributed by atoms with van der Waals surface area (Å²) >= 11 is 0. The number of rotatable bonds is 3. The van der Waals surface area contributed by atoms with Crippen LogP contribution in [0.25, 0.3) is 22.8 Å². The van der Waals surface area contributed by atoms with Crippen LogP contribution in [-0.4, -0.2) is 23.1 Å². The van der Waals surface area contributed by atoms with Gasteiger partial charge in [0.15, 0.2) is 0 Å². The van der Waals surface area contributed by atoms with Gasteiger partial charge in [-0.1, -0.05) is 24.3 Å². The first-order valence-corrected chi connectivity index (χ1v) is 7.84. The molecule has 124 valence electrons. The van der Waals surface area contributed by atoms with E-state index in [1.54, 1.807) is 31.5 Å². The molecular weight excluding hydrogens is 316 g/mol. The van der Waals surface area contributed by atoms with Crippen LogP contribution in [0.4, 0.5) is 5.69 Å². The Balaban J connectivity index is 1.89. The van der Waals surface area contributed by atoms with Crippen molar-refractivity contribution in [1.29, 1.82) is 0 Å². The molecule has 2 heterocycles. The van der Waals surface area contributed by atoms with Crippen LogP contribution in [0.15, 0.2) is 54.7 Å². The van der Waals surface area contributed by atoms with Gasteiger partial charge >= 0.3 is 0 Å². The van der Waals surface area contributed by atoms with E-state index in [2.05, 4.69) is 10.3 Å². The monoisotopic (exact) mass is 332 g/mol. The number of methoxy groups -OCH3 is 1. The van der Waals surface area contributed by atoms with Gasteiger partial charge in [-0.25, -0.2) is 0 Å². The maximum Gasteiger partial charge on any atom is 0.256 e. The van der Waals surface area contributed by atoms with Gasteiger partial charge < -0.3 is 20.1 Å². The first kappa shape index (κ1) is 15.1. The molecule has 0 atom stereocenters. The third-order valence-corrected chi connectivity index (χ3v) is 4.25. The van der Waals surface area contributed by atoms with E-state index in [1.165, 1.54) is 0 Å². The van der Waals surface area contributed by atoms with Crippen molar-refractivity contribution < 1.29 is 14.6 Å².